The average Bonchev–Trinajstić information content (AvgIpc) is 3.82. The number of anilines is 1. The van der Waals surface area contributed by atoms with E-state index in [1.165, 1.54) is 17.9 Å². The van der Waals surface area contributed by atoms with Crippen molar-refractivity contribution >= 4 is 27.5 Å². The minimum atomic E-state index is -3.31. The van der Waals surface area contributed by atoms with Crippen LogP contribution in [0.5, 0.6) is 5.75 Å². The Morgan fingerprint density at radius 3 is 2.45 bits per heavy atom. The molecule has 1 aliphatic carbocycles. The first-order valence-corrected chi connectivity index (χ1v) is 18.0. The van der Waals surface area contributed by atoms with Crippen LogP contribution in [0.1, 0.15) is 85.3 Å². The maximum atomic E-state index is 13.4. The lowest BCUT2D eigenvalue weighted by atomic mass is 10.1. The minimum Gasteiger partial charge on any atom is -0.481 e. The summed E-state index contributed by atoms with van der Waals surface area (Å²) in [6.45, 7) is 13.4. The number of pyridine rings is 2. The Morgan fingerprint density at radius 2 is 1.85 bits per heavy atom. The molecule has 1 saturated carbocycles. The Morgan fingerprint density at radius 1 is 1.11 bits per heavy atom. The Labute approximate surface area is 278 Å². The third-order valence-electron chi connectivity index (χ3n) is 8.42. The number of nitrogens with one attached hydrogen (secondary N) is 2. The van der Waals surface area contributed by atoms with E-state index in [4.69, 9.17) is 19.2 Å². The number of amides is 2. The first-order valence-electron chi connectivity index (χ1n) is 16.0. The van der Waals surface area contributed by atoms with Gasteiger partial charge in [0, 0.05) is 56.4 Å². The molecule has 47 heavy (non-hydrogen) atoms. The normalized spacial score (nSPS) is 19.0. The highest BCUT2D eigenvalue weighted by atomic mass is 32.2. The number of carbonyl (C=O) groups is 2. The Bertz CT molecular complexity index is 1730. The topological polar surface area (TPSA) is 138 Å². The Hall–Kier alpha value is -4.03. The third kappa shape index (κ3) is 8.66. The van der Waals surface area contributed by atoms with Crippen molar-refractivity contribution in [1.29, 1.82) is 4.78 Å². The van der Waals surface area contributed by atoms with Gasteiger partial charge < -0.3 is 19.7 Å². The lowest BCUT2D eigenvalue weighted by molar-refractivity contribution is -0.00326. The van der Waals surface area contributed by atoms with Crippen LogP contribution in [0.25, 0.3) is 0 Å². The summed E-state index contributed by atoms with van der Waals surface area (Å²) >= 11 is 0. The predicted molar refractivity (Wildman–Crippen MR) is 182 cm³/mol. The van der Waals surface area contributed by atoms with Crippen molar-refractivity contribution in [3.8, 4) is 5.75 Å². The van der Waals surface area contributed by atoms with Gasteiger partial charge in [-0.25, -0.2) is 18.8 Å². The maximum absolute atomic E-state index is 13.4. The highest BCUT2D eigenvalue weighted by Gasteiger charge is 2.33. The summed E-state index contributed by atoms with van der Waals surface area (Å²) in [5.41, 5.74) is 3.03. The van der Waals surface area contributed by atoms with Crippen LogP contribution in [0.2, 0.25) is 0 Å². The summed E-state index contributed by atoms with van der Waals surface area (Å²) in [6, 6.07) is 10.8. The van der Waals surface area contributed by atoms with Crippen molar-refractivity contribution < 1.29 is 23.3 Å². The van der Waals surface area contributed by atoms with Crippen LogP contribution in [0.4, 0.5) is 10.6 Å². The minimum absolute atomic E-state index is 0.0922. The van der Waals surface area contributed by atoms with E-state index in [9.17, 15) is 13.8 Å². The molecule has 3 atom stereocenters. The van der Waals surface area contributed by atoms with Gasteiger partial charge in [-0.2, -0.15) is 0 Å². The largest absolute Gasteiger partial charge is 0.481 e. The molecule has 0 spiro atoms. The number of hydrogen-bond donors (Lipinski definition) is 2. The first kappa shape index (κ1) is 34.3. The molecular weight excluding hydrogens is 616 g/mol. The standard InChI is InChI=1S/C35H46N6O5S/c1-22-9-8-14-37-32(22)39-33(42)27-18-31(47(7,36)44)29(17-23(27)2)45-30(28-13-12-26(19-38-28)25-10-11-25)21-40-15-16-41(24(3)20-40)34(43)46-35(4,5)6/h8-9,12-14,17-19,24-25,30,36H,10-11,15-16,20-21H2,1-7H3,(H,37,39,42)/t24-,30-,47?/m1/s1. The number of ether oxygens (including phenoxy) is 2. The average molecular weight is 663 g/mol. The lowest BCUT2D eigenvalue weighted by Gasteiger charge is -2.41. The molecule has 3 aromatic rings. The van der Waals surface area contributed by atoms with E-state index in [-0.39, 0.29) is 28.3 Å². The zero-order chi connectivity index (χ0) is 34.1. The van der Waals surface area contributed by atoms with Gasteiger partial charge in [0.2, 0.25) is 0 Å². The van der Waals surface area contributed by atoms with Crippen molar-refractivity contribution in [2.75, 3.05) is 37.8 Å². The maximum Gasteiger partial charge on any atom is 0.410 e. The molecule has 2 amide bonds. The van der Waals surface area contributed by atoms with Crippen molar-refractivity contribution in [3.63, 3.8) is 0 Å². The van der Waals surface area contributed by atoms with Gasteiger partial charge in [0.25, 0.3) is 5.91 Å². The molecule has 0 radical (unpaired) electrons. The van der Waals surface area contributed by atoms with Gasteiger partial charge in [-0.3, -0.25) is 14.7 Å². The number of hydrogen-bond acceptors (Lipinski definition) is 9. The van der Waals surface area contributed by atoms with Crippen LogP contribution in [-0.4, -0.2) is 80.1 Å². The van der Waals surface area contributed by atoms with E-state index in [0.717, 1.165) is 18.4 Å². The van der Waals surface area contributed by atoms with E-state index >= 15 is 0 Å². The fraction of sp³-hybridized carbons (Fsp3) is 0.486. The van der Waals surface area contributed by atoms with Gasteiger partial charge in [-0.15, -0.1) is 0 Å². The molecule has 2 N–H and O–H groups in total. The highest BCUT2D eigenvalue weighted by molar-refractivity contribution is 7.91. The Balaban J connectivity index is 1.42. The van der Waals surface area contributed by atoms with Gasteiger partial charge in [0.05, 0.1) is 20.3 Å². The van der Waals surface area contributed by atoms with Crippen LogP contribution in [0.3, 0.4) is 0 Å². The van der Waals surface area contributed by atoms with Crippen molar-refractivity contribution in [2.24, 2.45) is 0 Å². The molecule has 12 heteroatoms. The van der Waals surface area contributed by atoms with Crippen LogP contribution in [0.15, 0.2) is 53.7 Å². The molecule has 252 valence electrons. The van der Waals surface area contributed by atoms with Crippen LogP contribution >= 0.6 is 0 Å². The van der Waals surface area contributed by atoms with Crippen LogP contribution < -0.4 is 10.1 Å². The fourth-order valence-corrected chi connectivity index (χ4v) is 6.56. The second-order valence-electron chi connectivity index (χ2n) is 13.8. The fourth-order valence-electron chi connectivity index (χ4n) is 5.73. The summed E-state index contributed by atoms with van der Waals surface area (Å²) in [5.74, 6) is 0.845. The van der Waals surface area contributed by atoms with Crippen LogP contribution in [-0.2, 0) is 14.5 Å². The Kier molecular flexibility index (Phi) is 9.93. The monoisotopic (exact) mass is 662 g/mol. The number of nitrogens with zero attached hydrogens (tertiary/aromatic N) is 4. The number of rotatable bonds is 9. The number of benzene rings is 1. The molecule has 11 nitrogen and oxygen atoms in total. The molecule has 2 aromatic heterocycles. The lowest BCUT2D eigenvalue weighted by Crippen LogP contribution is -2.55. The highest BCUT2D eigenvalue weighted by Crippen LogP contribution is 2.40. The second-order valence-corrected chi connectivity index (χ2v) is 15.9. The molecule has 0 bridgehead atoms. The molecule has 1 aromatic carbocycles. The zero-order valence-corrected chi connectivity index (χ0v) is 29.1. The summed E-state index contributed by atoms with van der Waals surface area (Å²) in [7, 11) is -3.31. The molecule has 1 aliphatic heterocycles. The summed E-state index contributed by atoms with van der Waals surface area (Å²) in [4.78, 5) is 39.4. The van der Waals surface area contributed by atoms with E-state index in [1.54, 1.807) is 30.2 Å². The van der Waals surface area contributed by atoms with E-state index in [2.05, 4.69) is 21.3 Å². The smallest absolute Gasteiger partial charge is 0.410 e. The van der Waals surface area contributed by atoms with Crippen LogP contribution in [0, 0.1) is 18.6 Å². The van der Waals surface area contributed by atoms with Gasteiger partial charge in [0.15, 0.2) is 6.10 Å². The van der Waals surface area contributed by atoms with Gasteiger partial charge in [0.1, 0.15) is 17.2 Å². The molecule has 1 unspecified atom stereocenters. The second kappa shape index (κ2) is 13.6. The van der Waals surface area contributed by atoms with Gasteiger partial charge in [-0.05, 0) is 101 Å². The number of aryl methyl sites for hydroxylation is 2. The third-order valence-corrected chi connectivity index (χ3v) is 9.58. The number of aromatic nitrogens is 2. The van der Waals surface area contributed by atoms with Crippen molar-refractivity contribution in [1.82, 2.24) is 19.8 Å². The first-order chi connectivity index (χ1) is 22.1. The predicted octanol–water partition coefficient (Wildman–Crippen LogP) is 6.32. The SMILES string of the molecule is Cc1cc(O[C@H](CN2CCN(C(=O)OC(C)(C)C)[C@H](C)C2)c2ccc(C3CC3)cn2)c(S(C)(=N)=O)cc1C(=O)Nc1ncccc1C. The van der Waals surface area contributed by atoms with Crippen molar-refractivity contribution in [3.05, 3.63) is 76.7 Å². The zero-order valence-electron chi connectivity index (χ0n) is 28.3. The quantitative estimate of drug-likeness (QED) is 0.272. The molecular formula is C35H46N6O5S. The van der Waals surface area contributed by atoms with E-state index < -0.39 is 27.3 Å². The number of carbonyl (C=O) groups excluding carboxylic acids is 2. The molecule has 5 rings (SSSR count). The van der Waals surface area contributed by atoms with E-state index in [0.29, 0.717) is 49.2 Å². The molecule has 2 aliphatic rings. The molecule has 1 saturated heterocycles. The molecule has 2 fully saturated rings. The van der Waals surface area contributed by atoms with Gasteiger partial charge in [-0.1, -0.05) is 12.1 Å². The van der Waals surface area contributed by atoms with E-state index in [1.807, 2.05) is 52.9 Å². The summed E-state index contributed by atoms with van der Waals surface area (Å²) < 4.78 is 34.2. The summed E-state index contributed by atoms with van der Waals surface area (Å²) in [6.07, 6.45) is 6.26. The summed E-state index contributed by atoms with van der Waals surface area (Å²) in [5, 5.41) is 2.84. The van der Waals surface area contributed by atoms with Crippen molar-refractivity contribution in [2.45, 2.75) is 82.9 Å². The molecule has 3 heterocycles. The number of piperazine rings is 1. The van der Waals surface area contributed by atoms with Gasteiger partial charge >= 0.3 is 6.09 Å².